The molecule has 0 saturated heterocycles. The zero-order valence-corrected chi connectivity index (χ0v) is 6.86. The van der Waals surface area contributed by atoms with E-state index in [1.165, 1.54) is 0 Å². The molecule has 0 N–H and O–H groups in total. The highest BCUT2D eigenvalue weighted by Gasteiger charge is 2.55. The molecule has 0 rings (SSSR count). The molecule has 0 atom stereocenters. The molecule has 0 aromatic carbocycles. The number of nitrogens with zero attached hydrogens (tertiary/aromatic N) is 1. The maximum absolute atomic E-state index is 12.2. The number of alkyl halides is 5. The molecule has 0 unspecified atom stereocenters. The molecule has 0 spiro atoms. The maximum atomic E-state index is 12.2. The zero-order chi connectivity index (χ0) is 7.71. The Hall–Kier alpha value is 0.580. The summed E-state index contributed by atoms with van der Waals surface area (Å²) < 4.78 is 6.87. The van der Waals surface area contributed by atoms with Gasteiger partial charge in [-0.2, -0.15) is 4.39 Å². The van der Waals surface area contributed by atoms with Crippen molar-refractivity contribution in [2.24, 2.45) is 0 Å². The van der Waals surface area contributed by atoms with Crippen LogP contribution in [0.25, 0.3) is 4.85 Å². The first-order valence-corrected chi connectivity index (χ1v) is 3.15. The van der Waals surface area contributed by atoms with E-state index in [-0.39, 0.29) is 0 Å². The summed E-state index contributed by atoms with van der Waals surface area (Å²) in [7, 11) is 0. The molecule has 52 valence electrons. The van der Waals surface area contributed by atoms with Gasteiger partial charge in [0.05, 0.1) is 0 Å². The Morgan fingerprint density at radius 2 is 1.56 bits per heavy atom. The summed E-state index contributed by atoms with van der Waals surface area (Å²) in [4.78, 5) is 2.43. The van der Waals surface area contributed by atoms with Gasteiger partial charge >= 0.3 is 9.04 Å². The lowest BCUT2D eigenvalue weighted by molar-refractivity contribution is 0.381. The standard InChI is InChI=1S/C3Cl4FN/c1-9-3(6,7)2(4,5)8. The van der Waals surface area contributed by atoms with E-state index in [2.05, 4.69) is 4.85 Å². The van der Waals surface area contributed by atoms with Gasteiger partial charge in [-0.05, 0) is 23.2 Å². The second-order valence-electron chi connectivity index (χ2n) is 1.15. The largest absolute Gasteiger partial charge is 0.444 e. The molecule has 0 aliphatic heterocycles. The molecule has 1 nitrogen and oxygen atoms in total. The molecule has 0 amide bonds. The van der Waals surface area contributed by atoms with Crippen molar-refractivity contribution in [3.05, 3.63) is 11.4 Å². The van der Waals surface area contributed by atoms with Crippen molar-refractivity contribution in [3.63, 3.8) is 0 Å². The summed E-state index contributed by atoms with van der Waals surface area (Å²) in [5.74, 6) is 0. The Morgan fingerprint density at radius 3 is 1.56 bits per heavy atom. The van der Waals surface area contributed by atoms with Crippen LogP contribution < -0.4 is 0 Å². The Labute approximate surface area is 71.5 Å². The van der Waals surface area contributed by atoms with Crippen LogP contribution in [0.15, 0.2) is 0 Å². The fraction of sp³-hybridized carbons (Fsp3) is 0.667. The van der Waals surface area contributed by atoms with Crippen molar-refractivity contribution in [1.29, 1.82) is 0 Å². The minimum absolute atomic E-state index is 2.42. The van der Waals surface area contributed by atoms with Crippen molar-refractivity contribution in [3.8, 4) is 0 Å². The van der Waals surface area contributed by atoms with Crippen LogP contribution in [0.5, 0.6) is 0 Å². The SMILES string of the molecule is [C-]#[N+]C(Cl)(Cl)C(F)(Cl)Cl. The average molecular weight is 211 g/mol. The fourth-order valence-electron chi connectivity index (χ4n) is 0.0634. The van der Waals surface area contributed by atoms with Gasteiger partial charge in [0.1, 0.15) is 0 Å². The summed E-state index contributed by atoms with van der Waals surface area (Å²) in [6.45, 7) is 6.21. The van der Waals surface area contributed by atoms with Gasteiger partial charge < -0.3 is 0 Å². The summed E-state index contributed by atoms with van der Waals surface area (Å²) in [5, 5.41) is 0. The van der Waals surface area contributed by atoms with Crippen LogP contribution in [0.1, 0.15) is 0 Å². The average Bonchev–Trinajstić information content (AvgIpc) is 1.64. The highest BCUT2D eigenvalue weighted by molar-refractivity contribution is 6.62. The summed E-state index contributed by atoms with van der Waals surface area (Å²) in [5.41, 5.74) is 0. The van der Waals surface area contributed by atoms with Crippen LogP contribution in [0, 0.1) is 6.57 Å². The van der Waals surface area contributed by atoms with Crippen molar-refractivity contribution in [2.45, 2.75) is 9.04 Å². The predicted molar refractivity (Wildman–Crippen MR) is 36.6 cm³/mol. The first-order valence-electron chi connectivity index (χ1n) is 1.64. The molecule has 0 heterocycles. The molecular weight excluding hydrogens is 211 g/mol. The second-order valence-corrected chi connectivity index (χ2v) is 3.67. The minimum atomic E-state index is -2.93. The molecule has 0 radical (unpaired) electrons. The lowest BCUT2D eigenvalue weighted by Crippen LogP contribution is -2.27. The quantitative estimate of drug-likeness (QED) is 0.356. The van der Waals surface area contributed by atoms with Crippen LogP contribution >= 0.6 is 46.4 Å². The highest BCUT2D eigenvalue weighted by atomic mass is 35.5. The van der Waals surface area contributed by atoms with Gasteiger partial charge in [0.25, 0.3) is 0 Å². The van der Waals surface area contributed by atoms with Gasteiger partial charge in [-0.1, -0.05) is 23.2 Å². The molecule has 0 saturated carbocycles. The van der Waals surface area contributed by atoms with Crippen LogP contribution in [0.2, 0.25) is 0 Å². The van der Waals surface area contributed by atoms with Gasteiger partial charge in [0.2, 0.25) is 0 Å². The van der Waals surface area contributed by atoms with Gasteiger partial charge in [0.15, 0.2) is 0 Å². The summed E-state index contributed by atoms with van der Waals surface area (Å²) >= 11 is 19.4. The Kier molecular flexibility index (Phi) is 2.85. The topological polar surface area (TPSA) is 4.36 Å². The van der Waals surface area contributed by atoms with E-state index in [1.807, 2.05) is 0 Å². The number of hydrogen-bond acceptors (Lipinski definition) is 0. The molecule has 6 heteroatoms. The Balaban J connectivity index is 4.39. The minimum Gasteiger partial charge on any atom is -0.269 e. The van der Waals surface area contributed by atoms with E-state index in [4.69, 9.17) is 53.0 Å². The Bertz CT molecular complexity index is 143. The van der Waals surface area contributed by atoms with E-state index in [0.29, 0.717) is 0 Å². The van der Waals surface area contributed by atoms with Gasteiger partial charge in [0, 0.05) is 0 Å². The smallest absolute Gasteiger partial charge is 0.269 e. The van der Waals surface area contributed by atoms with E-state index >= 15 is 0 Å². The first-order chi connectivity index (χ1) is 3.81. The highest BCUT2D eigenvalue weighted by Crippen LogP contribution is 2.44. The number of rotatable bonds is 1. The summed E-state index contributed by atoms with van der Waals surface area (Å²) in [6.07, 6.45) is 0. The van der Waals surface area contributed by atoms with Crippen LogP contribution in [-0.2, 0) is 0 Å². The van der Waals surface area contributed by atoms with Crippen LogP contribution in [0.4, 0.5) is 4.39 Å². The monoisotopic (exact) mass is 209 g/mol. The van der Waals surface area contributed by atoms with Crippen molar-refractivity contribution >= 4 is 46.4 Å². The first kappa shape index (κ1) is 9.58. The van der Waals surface area contributed by atoms with Crippen molar-refractivity contribution in [2.75, 3.05) is 0 Å². The number of halogens is 5. The van der Waals surface area contributed by atoms with Gasteiger partial charge in [-0.3, -0.25) is 4.85 Å². The maximum Gasteiger partial charge on any atom is 0.444 e. The van der Waals surface area contributed by atoms with Crippen molar-refractivity contribution < 1.29 is 4.39 Å². The molecule has 0 bridgehead atoms. The molecule has 0 aromatic heterocycles. The fourth-order valence-corrected chi connectivity index (χ4v) is 0.148. The molecule has 0 aliphatic rings. The number of hydrogen-bond donors (Lipinski definition) is 0. The van der Waals surface area contributed by atoms with Crippen LogP contribution in [0.3, 0.4) is 0 Å². The van der Waals surface area contributed by atoms with E-state index in [0.717, 1.165) is 0 Å². The normalized spacial score (nSPS) is 12.9. The lowest BCUT2D eigenvalue weighted by Gasteiger charge is -2.11. The van der Waals surface area contributed by atoms with E-state index in [9.17, 15) is 4.39 Å². The molecular formula is C3Cl4FN. The summed E-state index contributed by atoms with van der Waals surface area (Å²) in [6, 6.07) is 0. The zero-order valence-electron chi connectivity index (χ0n) is 3.84. The van der Waals surface area contributed by atoms with Crippen LogP contribution in [-0.4, -0.2) is 9.04 Å². The third kappa shape index (κ3) is 2.35. The van der Waals surface area contributed by atoms with Gasteiger partial charge in [-0.25, -0.2) is 6.57 Å². The molecule has 9 heavy (non-hydrogen) atoms. The van der Waals surface area contributed by atoms with Crippen molar-refractivity contribution in [1.82, 2.24) is 0 Å². The molecule has 0 aliphatic carbocycles. The molecule has 0 fully saturated rings. The van der Waals surface area contributed by atoms with Gasteiger partial charge in [-0.15, -0.1) is 0 Å². The second kappa shape index (κ2) is 2.67. The molecule has 0 aromatic rings. The van der Waals surface area contributed by atoms with E-state index in [1.54, 1.807) is 0 Å². The lowest BCUT2D eigenvalue weighted by atomic mass is 10.7. The Morgan fingerprint density at radius 1 is 1.22 bits per heavy atom. The van der Waals surface area contributed by atoms with E-state index < -0.39 is 9.04 Å². The predicted octanol–water partition coefficient (Wildman–Crippen LogP) is 3.14. The third-order valence-electron chi connectivity index (χ3n) is 0.481. The third-order valence-corrected chi connectivity index (χ3v) is 2.11.